The summed E-state index contributed by atoms with van der Waals surface area (Å²) in [6, 6.07) is 7.51. The monoisotopic (exact) mass is 276 g/mol. The van der Waals surface area contributed by atoms with E-state index in [1.165, 1.54) is 29.7 Å². The molecule has 2 rings (SSSR count). The lowest BCUT2D eigenvalue weighted by atomic mass is 9.99. The molecule has 1 heterocycles. The lowest BCUT2D eigenvalue weighted by Gasteiger charge is -2.37. The molecule has 1 atom stereocenters. The molecule has 1 aliphatic rings. The van der Waals surface area contributed by atoms with Gasteiger partial charge in [-0.2, -0.15) is 0 Å². The maximum atomic E-state index is 9.56. The second-order valence-electron chi connectivity index (χ2n) is 6.18. The van der Waals surface area contributed by atoms with Crippen molar-refractivity contribution in [2.45, 2.75) is 58.7 Å². The van der Waals surface area contributed by atoms with E-state index < -0.39 is 0 Å². The zero-order chi connectivity index (χ0) is 14.5. The molecule has 2 N–H and O–H groups in total. The Labute approximate surface area is 123 Å². The molecule has 3 heteroatoms. The molecule has 1 saturated heterocycles. The minimum atomic E-state index is 0.260. The average Bonchev–Trinajstić information content (AvgIpc) is 2.45. The number of rotatable bonds is 5. The van der Waals surface area contributed by atoms with Crippen LogP contribution in [0, 0.1) is 6.92 Å². The maximum absolute atomic E-state index is 9.56. The number of benzene rings is 1. The summed E-state index contributed by atoms with van der Waals surface area (Å²) in [5.41, 5.74) is 3.93. The molecule has 1 aliphatic heterocycles. The van der Waals surface area contributed by atoms with Crippen molar-refractivity contribution >= 4 is 5.69 Å². The quantitative estimate of drug-likeness (QED) is 0.868. The van der Waals surface area contributed by atoms with Gasteiger partial charge in [0.05, 0.1) is 12.6 Å². The molecule has 0 saturated carbocycles. The van der Waals surface area contributed by atoms with Crippen LogP contribution in [0.5, 0.6) is 0 Å². The predicted molar refractivity (Wildman–Crippen MR) is 85.2 cm³/mol. The van der Waals surface area contributed by atoms with Crippen LogP contribution in [0.25, 0.3) is 0 Å². The first-order valence-electron chi connectivity index (χ1n) is 7.82. The van der Waals surface area contributed by atoms with Gasteiger partial charge in [0, 0.05) is 24.8 Å². The van der Waals surface area contributed by atoms with Gasteiger partial charge in [0.15, 0.2) is 0 Å². The van der Waals surface area contributed by atoms with Crippen molar-refractivity contribution in [2.75, 3.05) is 18.1 Å². The molecule has 1 aromatic rings. The van der Waals surface area contributed by atoms with E-state index in [1.807, 2.05) is 0 Å². The van der Waals surface area contributed by atoms with Crippen molar-refractivity contribution in [2.24, 2.45) is 0 Å². The number of aryl methyl sites for hydroxylation is 1. The van der Waals surface area contributed by atoms with Crippen molar-refractivity contribution in [3.8, 4) is 0 Å². The highest BCUT2D eigenvalue weighted by molar-refractivity contribution is 5.55. The molecule has 0 amide bonds. The van der Waals surface area contributed by atoms with Gasteiger partial charge in [0.25, 0.3) is 0 Å². The highest BCUT2D eigenvalue weighted by Gasteiger charge is 2.22. The molecule has 3 nitrogen and oxygen atoms in total. The third-order valence-electron chi connectivity index (χ3n) is 4.12. The van der Waals surface area contributed by atoms with E-state index in [0.717, 1.165) is 19.5 Å². The summed E-state index contributed by atoms with van der Waals surface area (Å²) in [7, 11) is 0. The van der Waals surface area contributed by atoms with Crippen molar-refractivity contribution in [1.29, 1.82) is 0 Å². The van der Waals surface area contributed by atoms with Crippen LogP contribution in [0.15, 0.2) is 18.2 Å². The lowest BCUT2D eigenvalue weighted by Crippen LogP contribution is -2.42. The Morgan fingerprint density at radius 2 is 2.15 bits per heavy atom. The normalized spacial score (nSPS) is 19.6. The number of hydrogen-bond acceptors (Lipinski definition) is 3. The van der Waals surface area contributed by atoms with Crippen LogP contribution in [0.4, 0.5) is 5.69 Å². The third kappa shape index (κ3) is 3.74. The van der Waals surface area contributed by atoms with Crippen LogP contribution in [-0.4, -0.2) is 30.3 Å². The Morgan fingerprint density at radius 3 is 2.80 bits per heavy atom. The number of nitrogens with zero attached hydrogens (tertiary/aromatic N) is 1. The van der Waals surface area contributed by atoms with Crippen LogP contribution >= 0.6 is 0 Å². The van der Waals surface area contributed by atoms with E-state index in [-0.39, 0.29) is 6.61 Å². The molecule has 0 aliphatic carbocycles. The summed E-state index contributed by atoms with van der Waals surface area (Å²) in [4.78, 5) is 2.39. The minimum Gasteiger partial charge on any atom is -0.394 e. The topological polar surface area (TPSA) is 35.5 Å². The van der Waals surface area contributed by atoms with E-state index >= 15 is 0 Å². The lowest BCUT2D eigenvalue weighted by molar-refractivity contribution is 0.240. The summed E-state index contributed by atoms with van der Waals surface area (Å²) < 4.78 is 0. The number of nitrogens with one attached hydrogen (secondary N) is 1. The van der Waals surface area contributed by atoms with E-state index in [0.29, 0.717) is 12.1 Å². The Hall–Kier alpha value is -1.06. The van der Waals surface area contributed by atoms with E-state index in [2.05, 4.69) is 49.2 Å². The average molecular weight is 276 g/mol. The molecule has 0 aromatic heterocycles. The molecular weight excluding hydrogens is 248 g/mol. The molecule has 0 spiro atoms. The van der Waals surface area contributed by atoms with Gasteiger partial charge in [0.2, 0.25) is 0 Å². The van der Waals surface area contributed by atoms with Crippen LogP contribution in [0.3, 0.4) is 0 Å². The highest BCUT2D eigenvalue weighted by atomic mass is 16.3. The molecular formula is C17H28N2O. The molecule has 20 heavy (non-hydrogen) atoms. The zero-order valence-electron chi connectivity index (χ0n) is 13.0. The van der Waals surface area contributed by atoms with Gasteiger partial charge >= 0.3 is 0 Å². The Morgan fingerprint density at radius 1 is 1.35 bits per heavy atom. The predicted octanol–water partition coefficient (Wildman–Crippen LogP) is 2.84. The Kier molecular flexibility index (Phi) is 5.44. The molecule has 1 fully saturated rings. The number of aliphatic hydroxyl groups is 1. The van der Waals surface area contributed by atoms with Gasteiger partial charge in [-0.1, -0.05) is 26.0 Å². The van der Waals surface area contributed by atoms with Crippen molar-refractivity contribution in [3.63, 3.8) is 0 Å². The fourth-order valence-electron chi connectivity index (χ4n) is 2.98. The number of anilines is 1. The first-order chi connectivity index (χ1) is 9.61. The molecule has 0 radical (unpaired) electrons. The van der Waals surface area contributed by atoms with Crippen LogP contribution in [0.1, 0.15) is 44.2 Å². The Balaban J connectivity index is 2.12. The largest absolute Gasteiger partial charge is 0.394 e. The minimum absolute atomic E-state index is 0.260. The van der Waals surface area contributed by atoms with Gasteiger partial charge in [-0.15, -0.1) is 0 Å². The molecule has 112 valence electrons. The number of hydrogen-bond donors (Lipinski definition) is 2. The SMILES string of the molecule is Cc1cc(CNC(C)C)ccc1N1CCCCC1CO. The fraction of sp³-hybridized carbons (Fsp3) is 0.647. The first kappa shape index (κ1) is 15.3. The van der Waals surface area contributed by atoms with Crippen LogP contribution < -0.4 is 10.2 Å². The van der Waals surface area contributed by atoms with Crippen LogP contribution in [-0.2, 0) is 6.54 Å². The van der Waals surface area contributed by atoms with Crippen LogP contribution in [0.2, 0.25) is 0 Å². The smallest absolute Gasteiger partial charge is 0.0635 e. The number of aliphatic hydroxyl groups excluding tert-OH is 1. The molecule has 1 unspecified atom stereocenters. The van der Waals surface area contributed by atoms with Gasteiger partial charge in [-0.25, -0.2) is 0 Å². The summed E-state index contributed by atoms with van der Waals surface area (Å²) in [6.07, 6.45) is 3.57. The highest BCUT2D eigenvalue weighted by Crippen LogP contribution is 2.28. The third-order valence-corrected chi connectivity index (χ3v) is 4.12. The van der Waals surface area contributed by atoms with Gasteiger partial charge in [-0.05, 0) is 43.4 Å². The van der Waals surface area contributed by atoms with E-state index in [1.54, 1.807) is 0 Å². The zero-order valence-corrected chi connectivity index (χ0v) is 13.0. The Bertz CT molecular complexity index is 431. The number of piperidine rings is 1. The summed E-state index contributed by atoms with van der Waals surface area (Å²) in [5, 5.41) is 13.0. The second kappa shape index (κ2) is 7.09. The van der Waals surface area contributed by atoms with E-state index in [9.17, 15) is 5.11 Å². The van der Waals surface area contributed by atoms with Crippen molar-refractivity contribution in [3.05, 3.63) is 29.3 Å². The summed E-state index contributed by atoms with van der Waals surface area (Å²) in [6.45, 7) is 8.76. The second-order valence-corrected chi connectivity index (χ2v) is 6.18. The summed E-state index contributed by atoms with van der Waals surface area (Å²) >= 11 is 0. The summed E-state index contributed by atoms with van der Waals surface area (Å²) in [5.74, 6) is 0. The molecule has 1 aromatic carbocycles. The standard InChI is InChI=1S/C17H28N2O/c1-13(2)18-11-15-7-8-17(14(3)10-15)19-9-5-4-6-16(19)12-20/h7-8,10,13,16,18,20H,4-6,9,11-12H2,1-3H3. The van der Waals surface area contributed by atoms with Crippen molar-refractivity contribution < 1.29 is 5.11 Å². The first-order valence-corrected chi connectivity index (χ1v) is 7.82. The van der Waals surface area contributed by atoms with Gasteiger partial charge in [0.1, 0.15) is 0 Å². The van der Waals surface area contributed by atoms with Crippen molar-refractivity contribution in [1.82, 2.24) is 5.32 Å². The maximum Gasteiger partial charge on any atom is 0.0635 e. The fourth-order valence-corrected chi connectivity index (χ4v) is 2.98. The van der Waals surface area contributed by atoms with Gasteiger partial charge in [-0.3, -0.25) is 0 Å². The molecule has 0 bridgehead atoms. The van der Waals surface area contributed by atoms with E-state index in [4.69, 9.17) is 0 Å². The van der Waals surface area contributed by atoms with Gasteiger partial charge < -0.3 is 15.3 Å².